The molecule has 9 heteroatoms. The summed E-state index contributed by atoms with van der Waals surface area (Å²) in [7, 11) is 0. The smallest absolute Gasteiger partial charge is 0.169 e. The molecule has 64 heavy (non-hydrogen) atoms. The molecule has 5 aromatic rings. The fourth-order valence-electron chi connectivity index (χ4n) is 14.2. The first kappa shape index (κ1) is 42.4. The molecule has 8 atom stereocenters. The average molecular weight is 862 g/mol. The molecular weight excluding hydrogens is 799 g/mol. The Labute approximate surface area is 376 Å². The SMILES string of the molecule is CCCCCc1cc(CCc2c(O)c(O)c3c(O)cccc3c2/C=C/c2ccc(O)c(O)c2)ccc1CN[C@H]1C=C[C@H]2CCC[C@]23CC[C@]24CCC[C@H]2C=C[C@H](O)[C@H]4[C@@]13c1cnc[nH]1. The minimum atomic E-state index is -0.525. The van der Waals surface area contributed by atoms with E-state index in [1.54, 1.807) is 18.2 Å². The van der Waals surface area contributed by atoms with Gasteiger partial charge in [0.1, 0.15) is 5.75 Å². The second-order valence-corrected chi connectivity index (χ2v) is 19.7. The van der Waals surface area contributed by atoms with Crippen LogP contribution in [0.5, 0.6) is 28.7 Å². The van der Waals surface area contributed by atoms with Gasteiger partial charge in [-0.25, -0.2) is 4.98 Å². The van der Waals surface area contributed by atoms with E-state index in [-0.39, 0.29) is 62.3 Å². The molecule has 0 amide bonds. The number of nitrogens with one attached hydrogen (secondary N) is 2. The molecule has 334 valence electrons. The predicted octanol–water partition coefficient (Wildman–Crippen LogP) is 10.7. The molecule has 0 radical (unpaired) electrons. The minimum Gasteiger partial charge on any atom is -0.507 e. The zero-order valence-electron chi connectivity index (χ0n) is 36.9. The Balaban J connectivity index is 0.986. The quantitative estimate of drug-likeness (QED) is 0.0251. The molecule has 0 aliphatic heterocycles. The number of aryl methyl sites for hydroxylation is 2. The van der Waals surface area contributed by atoms with Crippen LogP contribution in [0.4, 0.5) is 0 Å². The number of aliphatic hydroxyl groups excluding tert-OH is 1. The van der Waals surface area contributed by atoms with E-state index >= 15 is 0 Å². The van der Waals surface area contributed by atoms with E-state index in [0.29, 0.717) is 53.3 Å². The number of aliphatic hydroxyl groups is 1. The highest BCUT2D eigenvalue weighted by atomic mass is 16.3. The van der Waals surface area contributed by atoms with Crippen molar-refractivity contribution in [2.24, 2.45) is 28.6 Å². The molecule has 5 aliphatic rings. The fraction of sp³-hybridized carbons (Fsp3) is 0.436. The molecule has 9 nitrogen and oxygen atoms in total. The number of unbranched alkanes of at least 4 members (excludes halogenated alkanes) is 2. The Kier molecular flexibility index (Phi) is 11.1. The number of rotatable bonds is 13. The zero-order chi connectivity index (χ0) is 44.2. The highest BCUT2D eigenvalue weighted by molar-refractivity contribution is 6.03. The summed E-state index contributed by atoms with van der Waals surface area (Å²) in [5.74, 6) is -0.178. The Bertz CT molecular complexity index is 2630. The molecule has 1 aromatic heterocycles. The van der Waals surface area contributed by atoms with Crippen molar-refractivity contribution in [2.45, 2.75) is 121 Å². The fourth-order valence-corrected chi connectivity index (χ4v) is 14.2. The van der Waals surface area contributed by atoms with Gasteiger partial charge < -0.3 is 40.9 Å². The summed E-state index contributed by atoms with van der Waals surface area (Å²) in [4.78, 5) is 8.39. The van der Waals surface area contributed by atoms with Crippen molar-refractivity contribution in [3.05, 3.63) is 131 Å². The topological polar surface area (TPSA) is 162 Å². The number of imidazole rings is 1. The van der Waals surface area contributed by atoms with Crippen LogP contribution in [0.15, 0.2) is 91.4 Å². The van der Waals surface area contributed by atoms with Crippen molar-refractivity contribution in [3.63, 3.8) is 0 Å². The maximum Gasteiger partial charge on any atom is 0.169 e. The van der Waals surface area contributed by atoms with Crippen molar-refractivity contribution in [2.75, 3.05) is 0 Å². The molecule has 5 aliphatic carbocycles. The number of aromatic hydroxyl groups is 5. The summed E-state index contributed by atoms with van der Waals surface area (Å²) in [5.41, 5.74) is 6.46. The van der Waals surface area contributed by atoms with E-state index in [4.69, 9.17) is 4.98 Å². The predicted molar refractivity (Wildman–Crippen MR) is 252 cm³/mol. The summed E-state index contributed by atoms with van der Waals surface area (Å²) >= 11 is 0. The number of H-pyrrole nitrogens is 1. The number of phenols is 5. The molecule has 0 bridgehead atoms. The highest BCUT2D eigenvalue weighted by Crippen LogP contribution is 2.75. The lowest BCUT2D eigenvalue weighted by molar-refractivity contribution is -0.159. The van der Waals surface area contributed by atoms with E-state index in [1.807, 2.05) is 18.5 Å². The van der Waals surface area contributed by atoms with Gasteiger partial charge in [0.15, 0.2) is 23.0 Å². The lowest BCUT2D eigenvalue weighted by Crippen LogP contribution is -2.72. The first-order valence-corrected chi connectivity index (χ1v) is 23.9. The summed E-state index contributed by atoms with van der Waals surface area (Å²) in [6, 6.07) is 16.4. The molecule has 4 aromatic carbocycles. The highest BCUT2D eigenvalue weighted by Gasteiger charge is 2.74. The number of nitrogens with zero attached hydrogens (tertiary/aromatic N) is 1. The van der Waals surface area contributed by atoms with E-state index in [9.17, 15) is 30.6 Å². The Morgan fingerprint density at radius 1 is 0.766 bits per heavy atom. The van der Waals surface area contributed by atoms with E-state index in [0.717, 1.165) is 37.7 Å². The monoisotopic (exact) mass is 861 g/mol. The number of benzene rings is 4. The van der Waals surface area contributed by atoms with Crippen LogP contribution in [0.3, 0.4) is 0 Å². The van der Waals surface area contributed by atoms with Crippen molar-refractivity contribution in [1.82, 2.24) is 15.3 Å². The zero-order valence-corrected chi connectivity index (χ0v) is 36.9. The first-order chi connectivity index (χ1) is 31.1. The number of phenolic OH excluding ortho intramolecular Hbond substituents is 5. The number of hydrogen-bond acceptors (Lipinski definition) is 8. The van der Waals surface area contributed by atoms with Crippen LogP contribution in [0.1, 0.15) is 117 Å². The van der Waals surface area contributed by atoms with Gasteiger partial charge in [-0.05, 0) is 138 Å². The number of aromatic amines is 1. The van der Waals surface area contributed by atoms with Crippen LogP contribution >= 0.6 is 0 Å². The maximum atomic E-state index is 12.4. The molecule has 8 N–H and O–H groups in total. The maximum absolute atomic E-state index is 12.4. The van der Waals surface area contributed by atoms with Gasteiger partial charge in [-0.1, -0.05) is 105 Å². The van der Waals surface area contributed by atoms with Crippen LogP contribution in [0.25, 0.3) is 22.9 Å². The first-order valence-electron chi connectivity index (χ1n) is 23.9. The Morgan fingerprint density at radius 2 is 1.61 bits per heavy atom. The number of allylic oxidation sites excluding steroid dienone is 2. The molecular formula is C55H63N3O6. The Morgan fingerprint density at radius 3 is 2.44 bits per heavy atom. The average Bonchev–Trinajstić information content (AvgIpc) is 4.08. The van der Waals surface area contributed by atoms with Crippen LogP contribution in [-0.4, -0.2) is 52.8 Å². The van der Waals surface area contributed by atoms with Crippen LogP contribution < -0.4 is 5.32 Å². The van der Waals surface area contributed by atoms with Gasteiger partial charge in [0, 0.05) is 41.4 Å². The molecule has 3 saturated carbocycles. The van der Waals surface area contributed by atoms with Crippen molar-refractivity contribution < 1.29 is 30.6 Å². The van der Waals surface area contributed by atoms with Gasteiger partial charge in [-0.3, -0.25) is 0 Å². The second kappa shape index (κ2) is 16.8. The van der Waals surface area contributed by atoms with Gasteiger partial charge >= 0.3 is 0 Å². The van der Waals surface area contributed by atoms with Gasteiger partial charge in [0.05, 0.1) is 17.8 Å². The molecule has 0 saturated heterocycles. The minimum absolute atomic E-state index is 0.00458. The summed E-state index contributed by atoms with van der Waals surface area (Å²) in [6.07, 6.45) is 31.3. The summed E-state index contributed by atoms with van der Waals surface area (Å²) < 4.78 is 0. The third-order valence-corrected chi connectivity index (χ3v) is 16.9. The molecule has 1 heterocycles. The van der Waals surface area contributed by atoms with E-state index in [2.05, 4.69) is 65.9 Å². The lowest BCUT2D eigenvalue weighted by atomic mass is 9.35. The third-order valence-electron chi connectivity index (χ3n) is 16.9. The third kappa shape index (κ3) is 6.67. The second-order valence-electron chi connectivity index (χ2n) is 19.7. The number of aromatic nitrogens is 2. The molecule has 0 unspecified atom stereocenters. The van der Waals surface area contributed by atoms with Crippen molar-refractivity contribution in [1.29, 1.82) is 0 Å². The van der Waals surface area contributed by atoms with Crippen LogP contribution in [-0.2, 0) is 31.2 Å². The number of hydrogen-bond donors (Lipinski definition) is 8. The number of fused-ring (bicyclic) bond motifs is 2. The van der Waals surface area contributed by atoms with E-state index in [1.165, 1.54) is 80.0 Å². The Hall–Kier alpha value is -5.51. The normalized spacial score (nSPS) is 29.2. The summed E-state index contributed by atoms with van der Waals surface area (Å²) in [6.45, 7) is 2.92. The molecule has 3 fully saturated rings. The standard InChI is InChI=1S/C55H63N3O6/c1-2-3-4-8-36-29-34(15-21-42-40(20-14-35-16-22-43(59)46(62)30-35)41-11-5-12-44(60)49(41)51(64)50(42)63)13-17-37(36)31-57-47-24-19-39-10-7-26-54(39)28-27-53-25-6-9-38(53)18-23-45(61)52(53)55(47,54)48-32-56-33-58-48/h5,11-14,16-20,22-24,29-30,32-33,38-39,45,47,52,57,59-64H,2-4,6-10,15,21,25-28,31H2,1H3,(H,56,58)/b20-14+/t38-,39+,45-,47-,52+,53+,54-,55-/m0/s1. The molecule has 10 rings (SSSR count). The largest absolute Gasteiger partial charge is 0.507 e. The summed E-state index contributed by atoms with van der Waals surface area (Å²) in [5, 5.41) is 71.0. The van der Waals surface area contributed by atoms with Gasteiger partial charge in [-0.2, -0.15) is 0 Å². The van der Waals surface area contributed by atoms with Crippen LogP contribution in [0.2, 0.25) is 0 Å². The van der Waals surface area contributed by atoms with Gasteiger partial charge in [0.2, 0.25) is 0 Å². The van der Waals surface area contributed by atoms with Gasteiger partial charge in [-0.15, -0.1) is 0 Å². The lowest BCUT2D eigenvalue weighted by Gasteiger charge is -2.69. The van der Waals surface area contributed by atoms with Gasteiger partial charge in [0.25, 0.3) is 0 Å². The van der Waals surface area contributed by atoms with E-state index < -0.39 is 6.10 Å². The van der Waals surface area contributed by atoms with Crippen molar-refractivity contribution >= 4 is 22.9 Å². The molecule has 2 spiro atoms. The van der Waals surface area contributed by atoms with Crippen LogP contribution in [0, 0.1) is 28.6 Å². The van der Waals surface area contributed by atoms with Crippen molar-refractivity contribution in [3.8, 4) is 28.7 Å².